The lowest BCUT2D eigenvalue weighted by atomic mass is 10.2. The second-order valence-corrected chi connectivity index (χ2v) is 5.15. The number of aromatic amines is 1. The standard InChI is InChI=1S/C13H18N2O5/c1-7(16)8-6-9(11(17)19-5)14-10(8)15-12(18)20-13(2,3)4/h6,14H,1-5H3,(H,15,18). The second kappa shape index (κ2) is 5.77. The van der Waals surface area contributed by atoms with Crippen LogP contribution in [0.15, 0.2) is 6.07 Å². The predicted molar refractivity (Wildman–Crippen MR) is 72.0 cm³/mol. The zero-order valence-corrected chi connectivity index (χ0v) is 12.1. The van der Waals surface area contributed by atoms with Crippen molar-refractivity contribution in [3.8, 4) is 0 Å². The van der Waals surface area contributed by atoms with E-state index in [0.717, 1.165) is 0 Å². The third-order valence-corrected chi connectivity index (χ3v) is 2.23. The highest BCUT2D eigenvalue weighted by atomic mass is 16.6. The molecule has 0 unspecified atom stereocenters. The third kappa shape index (κ3) is 4.11. The molecule has 2 N–H and O–H groups in total. The summed E-state index contributed by atoms with van der Waals surface area (Å²) in [7, 11) is 1.22. The maximum absolute atomic E-state index is 11.7. The van der Waals surface area contributed by atoms with Crippen molar-refractivity contribution in [2.24, 2.45) is 0 Å². The number of hydrogen-bond acceptors (Lipinski definition) is 5. The predicted octanol–water partition coefficient (Wildman–Crippen LogP) is 2.35. The first-order valence-corrected chi connectivity index (χ1v) is 5.96. The molecule has 7 nitrogen and oxygen atoms in total. The Morgan fingerprint density at radius 2 is 1.85 bits per heavy atom. The minimum absolute atomic E-state index is 0.0729. The first-order chi connectivity index (χ1) is 9.14. The Labute approximate surface area is 116 Å². The van der Waals surface area contributed by atoms with Crippen LogP contribution in [0.1, 0.15) is 48.5 Å². The minimum Gasteiger partial charge on any atom is -0.464 e. The van der Waals surface area contributed by atoms with Crippen LogP contribution in [0.25, 0.3) is 0 Å². The van der Waals surface area contributed by atoms with Gasteiger partial charge in [-0.15, -0.1) is 0 Å². The highest BCUT2D eigenvalue weighted by molar-refractivity contribution is 6.04. The molecule has 0 aliphatic rings. The third-order valence-electron chi connectivity index (χ3n) is 2.23. The molecule has 0 radical (unpaired) electrons. The summed E-state index contributed by atoms with van der Waals surface area (Å²) < 4.78 is 9.62. The summed E-state index contributed by atoms with van der Waals surface area (Å²) in [5.41, 5.74) is -0.418. The normalized spacial score (nSPS) is 10.8. The van der Waals surface area contributed by atoms with Crippen molar-refractivity contribution < 1.29 is 23.9 Å². The lowest BCUT2D eigenvalue weighted by Crippen LogP contribution is -2.27. The highest BCUT2D eigenvalue weighted by Gasteiger charge is 2.21. The summed E-state index contributed by atoms with van der Waals surface area (Å²) in [5.74, 6) is -0.834. The van der Waals surface area contributed by atoms with E-state index in [9.17, 15) is 14.4 Å². The molecule has 0 saturated carbocycles. The van der Waals surface area contributed by atoms with E-state index in [4.69, 9.17) is 4.74 Å². The van der Waals surface area contributed by atoms with Crippen LogP contribution in [0.3, 0.4) is 0 Å². The van der Waals surface area contributed by atoms with Gasteiger partial charge in [0.1, 0.15) is 17.1 Å². The molecule has 0 fully saturated rings. The summed E-state index contributed by atoms with van der Waals surface area (Å²) in [6, 6.07) is 1.32. The van der Waals surface area contributed by atoms with Crippen molar-refractivity contribution in [1.29, 1.82) is 0 Å². The van der Waals surface area contributed by atoms with Crippen molar-refractivity contribution in [2.45, 2.75) is 33.3 Å². The zero-order valence-electron chi connectivity index (χ0n) is 12.1. The van der Waals surface area contributed by atoms with E-state index in [0.29, 0.717) is 0 Å². The molecule has 110 valence electrons. The molecule has 0 saturated heterocycles. The Kier molecular flexibility index (Phi) is 4.54. The molecule has 0 spiro atoms. The van der Waals surface area contributed by atoms with Gasteiger partial charge in [0.25, 0.3) is 0 Å². The summed E-state index contributed by atoms with van der Waals surface area (Å²) >= 11 is 0. The quantitative estimate of drug-likeness (QED) is 0.655. The fourth-order valence-corrected chi connectivity index (χ4v) is 1.46. The van der Waals surface area contributed by atoms with E-state index >= 15 is 0 Å². The van der Waals surface area contributed by atoms with Crippen LogP contribution in [0.4, 0.5) is 10.6 Å². The van der Waals surface area contributed by atoms with E-state index in [1.165, 1.54) is 20.1 Å². The van der Waals surface area contributed by atoms with Gasteiger partial charge in [-0.3, -0.25) is 10.1 Å². The molecule has 20 heavy (non-hydrogen) atoms. The van der Waals surface area contributed by atoms with Crippen molar-refractivity contribution in [3.63, 3.8) is 0 Å². The smallest absolute Gasteiger partial charge is 0.413 e. The number of carbonyl (C=O) groups is 3. The number of carbonyl (C=O) groups excluding carboxylic acids is 3. The number of H-pyrrole nitrogens is 1. The van der Waals surface area contributed by atoms with Gasteiger partial charge in [-0.2, -0.15) is 0 Å². The number of ether oxygens (including phenoxy) is 2. The number of nitrogens with one attached hydrogen (secondary N) is 2. The highest BCUT2D eigenvalue weighted by Crippen LogP contribution is 2.19. The fraction of sp³-hybridized carbons (Fsp3) is 0.462. The van der Waals surface area contributed by atoms with Gasteiger partial charge in [-0.1, -0.05) is 0 Å². The molecule has 0 aliphatic carbocycles. The topological polar surface area (TPSA) is 97.5 Å². The Hall–Kier alpha value is -2.31. The van der Waals surface area contributed by atoms with Crippen LogP contribution < -0.4 is 5.32 Å². The molecule has 0 atom stereocenters. The Balaban J connectivity index is 2.99. The van der Waals surface area contributed by atoms with Crippen LogP contribution in [0.2, 0.25) is 0 Å². The van der Waals surface area contributed by atoms with Gasteiger partial charge in [-0.25, -0.2) is 9.59 Å². The summed E-state index contributed by atoms with van der Waals surface area (Å²) in [5, 5.41) is 2.40. The first kappa shape index (κ1) is 15.7. The number of ketones is 1. The van der Waals surface area contributed by atoms with E-state index in [1.54, 1.807) is 20.8 Å². The number of methoxy groups -OCH3 is 1. The van der Waals surface area contributed by atoms with Gasteiger partial charge < -0.3 is 14.5 Å². The number of rotatable bonds is 3. The molecule has 0 bridgehead atoms. The molecular weight excluding hydrogens is 264 g/mol. The molecule has 0 aromatic carbocycles. The Bertz CT molecular complexity index is 539. The largest absolute Gasteiger partial charge is 0.464 e. The van der Waals surface area contributed by atoms with E-state index < -0.39 is 17.7 Å². The first-order valence-electron chi connectivity index (χ1n) is 5.96. The number of Topliss-reactive ketones (excluding diaryl/α,β-unsaturated/α-hetero) is 1. The molecule has 1 rings (SSSR count). The number of anilines is 1. The maximum atomic E-state index is 11.7. The molecular formula is C13H18N2O5. The van der Waals surface area contributed by atoms with Crippen LogP contribution >= 0.6 is 0 Å². The second-order valence-electron chi connectivity index (χ2n) is 5.15. The van der Waals surface area contributed by atoms with Crippen LogP contribution in [0.5, 0.6) is 0 Å². The van der Waals surface area contributed by atoms with Gasteiger partial charge in [0.2, 0.25) is 0 Å². The zero-order chi connectivity index (χ0) is 15.5. The van der Waals surface area contributed by atoms with Crippen LogP contribution in [0, 0.1) is 0 Å². The summed E-state index contributed by atoms with van der Waals surface area (Å²) in [4.78, 5) is 37.2. The van der Waals surface area contributed by atoms with E-state index in [-0.39, 0.29) is 22.9 Å². The number of amides is 1. The molecule has 1 amide bonds. The van der Waals surface area contributed by atoms with Crippen molar-refractivity contribution in [1.82, 2.24) is 4.98 Å². The molecule has 7 heteroatoms. The van der Waals surface area contributed by atoms with Gasteiger partial charge in [0.15, 0.2) is 5.78 Å². The van der Waals surface area contributed by atoms with Crippen molar-refractivity contribution >= 4 is 23.7 Å². The number of esters is 1. The van der Waals surface area contributed by atoms with Crippen LogP contribution in [-0.2, 0) is 9.47 Å². The van der Waals surface area contributed by atoms with Crippen molar-refractivity contribution in [2.75, 3.05) is 12.4 Å². The van der Waals surface area contributed by atoms with Gasteiger partial charge in [0.05, 0.1) is 12.7 Å². The summed E-state index contributed by atoms with van der Waals surface area (Å²) in [6.45, 7) is 6.47. The molecule has 1 aromatic heterocycles. The van der Waals surface area contributed by atoms with Gasteiger partial charge >= 0.3 is 12.1 Å². The van der Waals surface area contributed by atoms with Gasteiger partial charge in [0, 0.05) is 0 Å². The summed E-state index contributed by atoms with van der Waals surface area (Å²) in [6.07, 6.45) is -0.724. The van der Waals surface area contributed by atoms with E-state index in [2.05, 4.69) is 15.0 Å². The minimum atomic E-state index is -0.724. The molecule has 1 heterocycles. The Morgan fingerprint density at radius 1 is 1.25 bits per heavy atom. The monoisotopic (exact) mass is 282 g/mol. The molecule has 0 aliphatic heterocycles. The van der Waals surface area contributed by atoms with E-state index in [1.807, 2.05) is 0 Å². The van der Waals surface area contributed by atoms with Gasteiger partial charge in [-0.05, 0) is 33.8 Å². The number of hydrogen-bond donors (Lipinski definition) is 2. The maximum Gasteiger partial charge on any atom is 0.413 e. The lowest BCUT2D eigenvalue weighted by Gasteiger charge is -2.19. The average molecular weight is 282 g/mol. The number of aromatic nitrogens is 1. The molecule has 1 aromatic rings. The lowest BCUT2D eigenvalue weighted by molar-refractivity contribution is 0.0590. The SMILES string of the molecule is COC(=O)c1cc(C(C)=O)c(NC(=O)OC(C)(C)C)[nH]1. The van der Waals surface area contributed by atoms with Crippen molar-refractivity contribution in [3.05, 3.63) is 17.3 Å². The van der Waals surface area contributed by atoms with Crippen LogP contribution in [-0.4, -0.2) is 35.5 Å². The fourth-order valence-electron chi connectivity index (χ4n) is 1.46. The Morgan fingerprint density at radius 3 is 2.30 bits per heavy atom. The average Bonchev–Trinajstić information content (AvgIpc) is 2.69.